The summed E-state index contributed by atoms with van der Waals surface area (Å²) in [7, 11) is -4.05. The molecule has 0 radical (unpaired) electrons. The highest BCUT2D eigenvalue weighted by molar-refractivity contribution is 7.92. The minimum atomic E-state index is -4.05. The normalized spacial score (nSPS) is 15.8. The van der Waals surface area contributed by atoms with Gasteiger partial charge in [-0.1, -0.05) is 71.1 Å². The predicted molar refractivity (Wildman–Crippen MR) is 164 cm³/mol. The number of nitrogens with one attached hydrogen (secondary N) is 2. The van der Waals surface area contributed by atoms with E-state index in [2.05, 4.69) is 30.8 Å². The first-order valence-electron chi connectivity index (χ1n) is 14.7. The monoisotopic (exact) mass is 593 g/mol. The van der Waals surface area contributed by atoms with Crippen molar-refractivity contribution >= 4 is 27.4 Å². The molecule has 1 fully saturated rings. The fourth-order valence-corrected chi connectivity index (χ4v) is 6.75. The van der Waals surface area contributed by atoms with E-state index in [1.54, 1.807) is 23.1 Å². The third-order valence-corrected chi connectivity index (χ3v) is 9.57. The van der Waals surface area contributed by atoms with E-state index in [1.165, 1.54) is 55.9 Å². The summed E-state index contributed by atoms with van der Waals surface area (Å²) in [5.74, 6) is 0.342. The van der Waals surface area contributed by atoms with Crippen molar-refractivity contribution in [3.63, 3.8) is 0 Å². The molecule has 3 aromatic rings. The average Bonchev–Trinajstić information content (AvgIpc) is 3.39. The number of fused-ring (bicyclic) bond motifs is 1. The van der Waals surface area contributed by atoms with Crippen molar-refractivity contribution in [3.05, 3.63) is 83.2 Å². The summed E-state index contributed by atoms with van der Waals surface area (Å²) in [5.41, 5.74) is 3.34. The zero-order valence-corrected chi connectivity index (χ0v) is 25.4. The molecule has 0 saturated heterocycles. The quantitative estimate of drug-likeness (QED) is 0.279. The first kappa shape index (κ1) is 29.9. The minimum Gasteiger partial charge on any atom is -0.493 e. The molecule has 1 aliphatic carbocycles. The number of carbonyl (C=O) groups excluding carboxylic acids is 1. The second kappa shape index (κ2) is 12.3. The first-order valence-corrected chi connectivity index (χ1v) is 16.2. The minimum absolute atomic E-state index is 0.00786. The SMILES string of the molecule is CC(C)(C)c1ccc(NC(=O)N2Cc3ccc(S(=O)(=O)Nc4ccc(OCCC5CCCCC5)cc4F)cc3C2)cc1. The highest BCUT2D eigenvalue weighted by Gasteiger charge is 2.26. The molecule has 0 atom stereocenters. The average molecular weight is 594 g/mol. The molecular weight excluding hydrogens is 553 g/mol. The van der Waals surface area contributed by atoms with Crippen LogP contribution in [0.5, 0.6) is 5.75 Å². The molecular formula is C33H40FN3O4S. The molecule has 1 saturated carbocycles. The maximum Gasteiger partial charge on any atom is 0.322 e. The molecule has 5 rings (SSSR count). The lowest BCUT2D eigenvalue weighted by Gasteiger charge is -2.21. The number of carbonyl (C=O) groups is 1. The third-order valence-electron chi connectivity index (χ3n) is 8.20. The van der Waals surface area contributed by atoms with E-state index in [0.717, 1.165) is 17.5 Å². The van der Waals surface area contributed by atoms with E-state index in [4.69, 9.17) is 4.74 Å². The standard InChI is InChI=1S/C33H40FN3O4S/c1-33(2,3)26-10-12-27(13-11-26)35-32(38)37-21-24-9-15-29(19-25(24)22-37)42(39,40)36-31-16-14-28(20-30(31)34)41-18-17-23-7-5-4-6-8-23/h9-16,19-20,23,36H,4-8,17-18,21-22H2,1-3H3,(H,35,38). The molecule has 42 heavy (non-hydrogen) atoms. The first-order chi connectivity index (χ1) is 20.0. The summed E-state index contributed by atoms with van der Waals surface area (Å²) < 4.78 is 49.2. The van der Waals surface area contributed by atoms with Gasteiger partial charge in [0.2, 0.25) is 0 Å². The maximum atomic E-state index is 14.8. The molecule has 0 spiro atoms. The van der Waals surface area contributed by atoms with Gasteiger partial charge in [-0.05, 0) is 70.8 Å². The van der Waals surface area contributed by atoms with Crippen LogP contribution in [0, 0.1) is 11.7 Å². The molecule has 224 valence electrons. The lowest BCUT2D eigenvalue weighted by atomic mass is 9.87. The maximum absolute atomic E-state index is 14.8. The number of rotatable bonds is 8. The Bertz CT molecular complexity index is 1530. The van der Waals surface area contributed by atoms with E-state index in [0.29, 0.717) is 30.5 Å². The number of urea groups is 1. The largest absolute Gasteiger partial charge is 0.493 e. The second-order valence-electron chi connectivity index (χ2n) is 12.4. The summed E-state index contributed by atoms with van der Waals surface area (Å²) in [5, 5.41) is 2.92. The van der Waals surface area contributed by atoms with Gasteiger partial charge in [-0.3, -0.25) is 4.72 Å². The molecule has 1 aliphatic heterocycles. The molecule has 2 N–H and O–H groups in total. The van der Waals surface area contributed by atoms with Crippen molar-refractivity contribution in [2.45, 2.75) is 82.7 Å². The van der Waals surface area contributed by atoms with Crippen molar-refractivity contribution in [2.24, 2.45) is 5.92 Å². The van der Waals surface area contributed by atoms with Crippen molar-refractivity contribution in [3.8, 4) is 5.75 Å². The molecule has 7 nitrogen and oxygen atoms in total. The Labute approximate surface area is 248 Å². The number of hydrogen-bond acceptors (Lipinski definition) is 4. The molecule has 2 aliphatic rings. The van der Waals surface area contributed by atoms with Crippen molar-refractivity contribution in [1.29, 1.82) is 0 Å². The topological polar surface area (TPSA) is 87.7 Å². The summed E-state index contributed by atoms with van der Waals surface area (Å²) in [6, 6.07) is 16.4. The Morgan fingerprint density at radius 1 is 0.952 bits per heavy atom. The van der Waals surface area contributed by atoms with E-state index < -0.39 is 15.8 Å². The van der Waals surface area contributed by atoms with Gasteiger partial charge < -0.3 is 15.0 Å². The molecule has 1 heterocycles. The van der Waals surface area contributed by atoms with Crippen LogP contribution in [-0.2, 0) is 28.5 Å². The van der Waals surface area contributed by atoms with Gasteiger partial charge in [0.25, 0.3) is 10.0 Å². The van der Waals surface area contributed by atoms with Gasteiger partial charge in [0.1, 0.15) is 5.75 Å². The number of benzene rings is 3. The number of halogens is 1. The van der Waals surface area contributed by atoms with Crippen molar-refractivity contribution < 1.29 is 22.3 Å². The lowest BCUT2D eigenvalue weighted by molar-refractivity contribution is 0.212. The number of ether oxygens (including phenoxy) is 1. The van der Waals surface area contributed by atoms with Crippen molar-refractivity contribution in [1.82, 2.24) is 4.90 Å². The molecule has 0 aromatic heterocycles. The smallest absolute Gasteiger partial charge is 0.322 e. The van der Waals surface area contributed by atoms with Crippen LogP contribution < -0.4 is 14.8 Å². The van der Waals surface area contributed by atoms with Crippen LogP contribution in [0.4, 0.5) is 20.6 Å². The number of anilines is 2. The van der Waals surface area contributed by atoms with Crippen molar-refractivity contribution in [2.75, 3.05) is 16.6 Å². The lowest BCUT2D eigenvalue weighted by Crippen LogP contribution is -2.30. The predicted octanol–water partition coefficient (Wildman–Crippen LogP) is 7.82. The molecule has 9 heteroatoms. The second-order valence-corrected chi connectivity index (χ2v) is 14.1. The Hall–Kier alpha value is -3.59. The highest BCUT2D eigenvalue weighted by atomic mass is 32.2. The summed E-state index contributed by atoms with van der Waals surface area (Å²) in [6.45, 7) is 7.55. The van der Waals surface area contributed by atoms with Gasteiger partial charge in [-0.2, -0.15) is 0 Å². The van der Waals surface area contributed by atoms with Gasteiger partial charge in [0, 0.05) is 24.8 Å². The molecule has 2 amide bonds. The molecule has 0 unspecified atom stereocenters. The number of sulfonamides is 1. The van der Waals surface area contributed by atoms with Gasteiger partial charge in [-0.15, -0.1) is 0 Å². The Morgan fingerprint density at radius 3 is 2.36 bits per heavy atom. The van der Waals surface area contributed by atoms with Crippen LogP contribution in [0.25, 0.3) is 0 Å². The zero-order valence-electron chi connectivity index (χ0n) is 24.6. The van der Waals surface area contributed by atoms with Crippen LogP contribution in [-0.4, -0.2) is 26.0 Å². The van der Waals surface area contributed by atoms with E-state index in [9.17, 15) is 17.6 Å². The number of nitrogens with zero attached hydrogens (tertiary/aromatic N) is 1. The van der Waals surface area contributed by atoms with E-state index >= 15 is 0 Å². The van der Waals surface area contributed by atoms with Crippen LogP contribution in [0.15, 0.2) is 65.6 Å². The van der Waals surface area contributed by atoms with Gasteiger partial charge in [-0.25, -0.2) is 17.6 Å². The summed E-state index contributed by atoms with van der Waals surface area (Å²) >= 11 is 0. The van der Waals surface area contributed by atoms with Gasteiger partial charge in [0.05, 0.1) is 17.2 Å². The summed E-state index contributed by atoms with van der Waals surface area (Å²) in [4.78, 5) is 14.6. The van der Waals surface area contributed by atoms with E-state index in [-0.39, 0.29) is 28.6 Å². The van der Waals surface area contributed by atoms with Gasteiger partial charge in [0.15, 0.2) is 5.82 Å². The fourth-order valence-electron chi connectivity index (χ4n) is 5.63. The third kappa shape index (κ3) is 7.24. The summed E-state index contributed by atoms with van der Waals surface area (Å²) in [6.07, 6.45) is 7.21. The Kier molecular flexibility index (Phi) is 8.78. The Morgan fingerprint density at radius 2 is 1.67 bits per heavy atom. The van der Waals surface area contributed by atoms with Gasteiger partial charge >= 0.3 is 6.03 Å². The van der Waals surface area contributed by atoms with Crippen LogP contribution in [0.1, 0.15) is 76.0 Å². The molecule has 3 aromatic carbocycles. The van der Waals surface area contributed by atoms with Crippen LogP contribution in [0.3, 0.4) is 0 Å². The number of hydrogen-bond donors (Lipinski definition) is 2. The Balaban J connectivity index is 1.18. The zero-order chi connectivity index (χ0) is 29.9. The highest BCUT2D eigenvalue weighted by Crippen LogP contribution is 2.30. The van der Waals surface area contributed by atoms with Crippen LogP contribution in [0.2, 0.25) is 0 Å². The van der Waals surface area contributed by atoms with Crippen LogP contribution >= 0.6 is 0 Å². The number of amides is 2. The van der Waals surface area contributed by atoms with E-state index in [1.807, 2.05) is 24.3 Å². The molecule has 0 bridgehead atoms. The fraction of sp³-hybridized carbons (Fsp3) is 0.424.